The smallest absolute Gasteiger partial charge is 0.147 e. The van der Waals surface area contributed by atoms with Crippen LogP contribution in [0.1, 0.15) is 45.2 Å². The van der Waals surface area contributed by atoms with E-state index < -0.39 is 0 Å². The van der Waals surface area contributed by atoms with Gasteiger partial charge in [-0.3, -0.25) is 4.98 Å². The van der Waals surface area contributed by atoms with Crippen LogP contribution in [0.15, 0.2) is 12.4 Å². The molecule has 1 aromatic rings. The monoisotopic (exact) mass is 274 g/mol. The molecule has 0 unspecified atom stereocenters. The lowest BCUT2D eigenvalue weighted by atomic mass is 9.87. The number of nitrogens with one attached hydrogen (secondary N) is 1. The summed E-state index contributed by atoms with van der Waals surface area (Å²) in [6.45, 7) is 7.77. The maximum Gasteiger partial charge on any atom is 0.147 e. The van der Waals surface area contributed by atoms with E-state index in [1.807, 2.05) is 12.4 Å². The van der Waals surface area contributed by atoms with Crippen molar-refractivity contribution in [2.24, 2.45) is 11.8 Å². The van der Waals surface area contributed by atoms with Gasteiger partial charge in [-0.25, -0.2) is 4.98 Å². The molecule has 3 rings (SSSR count). The van der Waals surface area contributed by atoms with Crippen LogP contribution in [0.2, 0.25) is 0 Å². The second kappa shape index (κ2) is 6.08. The summed E-state index contributed by atoms with van der Waals surface area (Å²) < 4.78 is 0. The molecule has 20 heavy (non-hydrogen) atoms. The number of anilines is 1. The molecule has 1 aliphatic heterocycles. The van der Waals surface area contributed by atoms with E-state index in [0.29, 0.717) is 0 Å². The summed E-state index contributed by atoms with van der Waals surface area (Å²) in [7, 11) is 0. The first-order valence-corrected chi connectivity index (χ1v) is 8.01. The Morgan fingerprint density at radius 3 is 2.60 bits per heavy atom. The van der Waals surface area contributed by atoms with E-state index in [-0.39, 0.29) is 0 Å². The van der Waals surface area contributed by atoms with Crippen molar-refractivity contribution < 1.29 is 0 Å². The van der Waals surface area contributed by atoms with Crippen molar-refractivity contribution >= 4 is 5.82 Å². The molecule has 0 radical (unpaired) electrons. The summed E-state index contributed by atoms with van der Waals surface area (Å²) in [4.78, 5) is 11.5. The first-order valence-electron chi connectivity index (χ1n) is 8.01. The summed E-state index contributed by atoms with van der Waals surface area (Å²) in [6, 6.07) is 0.724. The molecule has 0 amide bonds. The van der Waals surface area contributed by atoms with Gasteiger partial charge in [0.05, 0.1) is 11.9 Å². The molecule has 1 aromatic heterocycles. The van der Waals surface area contributed by atoms with Gasteiger partial charge in [0.25, 0.3) is 0 Å². The van der Waals surface area contributed by atoms with Crippen LogP contribution >= 0.6 is 0 Å². The Morgan fingerprint density at radius 1 is 1.20 bits per heavy atom. The average molecular weight is 274 g/mol. The van der Waals surface area contributed by atoms with Gasteiger partial charge in [-0.2, -0.15) is 0 Å². The molecular formula is C16H26N4. The van der Waals surface area contributed by atoms with Crippen LogP contribution in [0.3, 0.4) is 0 Å². The minimum Gasteiger partial charge on any atom is -0.355 e. The maximum atomic E-state index is 4.77. The quantitative estimate of drug-likeness (QED) is 0.896. The summed E-state index contributed by atoms with van der Waals surface area (Å²) in [5, 5.41) is 3.50. The van der Waals surface area contributed by atoms with Gasteiger partial charge < -0.3 is 10.2 Å². The SMILES string of the molecule is CC(C)C1CCN(c2cncc(CNC3CC3)n2)CC1. The molecule has 0 bridgehead atoms. The molecule has 1 saturated heterocycles. The Hall–Kier alpha value is -1.16. The number of piperidine rings is 1. The lowest BCUT2D eigenvalue weighted by Gasteiger charge is -2.34. The van der Waals surface area contributed by atoms with Crippen molar-refractivity contribution in [3.05, 3.63) is 18.1 Å². The van der Waals surface area contributed by atoms with Crippen molar-refractivity contribution in [3.8, 4) is 0 Å². The van der Waals surface area contributed by atoms with Gasteiger partial charge in [0, 0.05) is 31.9 Å². The molecule has 1 aliphatic carbocycles. The molecule has 1 saturated carbocycles. The molecule has 1 N–H and O–H groups in total. The predicted molar refractivity (Wildman–Crippen MR) is 81.7 cm³/mol. The highest BCUT2D eigenvalue weighted by atomic mass is 15.2. The molecule has 4 heteroatoms. The Kier molecular flexibility index (Phi) is 4.20. The third-order valence-electron chi connectivity index (χ3n) is 4.63. The van der Waals surface area contributed by atoms with Crippen LogP contribution in [-0.4, -0.2) is 29.1 Å². The second-order valence-electron chi connectivity index (χ2n) is 6.59. The molecule has 2 heterocycles. The number of rotatable bonds is 5. The Labute approximate surface area is 122 Å². The van der Waals surface area contributed by atoms with Gasteiger partial charge >= 0.3 is 0 Å². The lowest BCUT2D eigenvalue weighted by molar-refractivity contribution is 0.310. The van der Waals surface area contributed by atoms with Gasteiger partial charge in [0.15, 0.2) is 0 Å². The van der Waals surface area contributed by atoms with Crippen molar-refractivity contribution in [1.82, 2.24) is 15.3 Å². The minimum absolute atomic E-state index is 0.724. The van der Waals surface area contributed by atoms with Crippen molar-refractivity contribution in [3.63, 3.8) is 0 Å². The summed E-state index contributed by atoms with van der Waals surface area (Å²) in [5.74, 6) is 2.73. The van der Waals surface area contributed by atoms with Crippen LogP contribution in [0.5, 0.6) is 0 Å². The van der Waals surface area contributed by atoms with E-state index in [2.05, 4.69) is 29.0 Å². The fourth-order valence-corrected chi connectivity index (χ4v) is 2.96. The first-order chi connectivity index (χ1) is 9.72. The zero-order valence-electron chi connectivity index (χ0n) is 12.7. The Morgan fingerprint density at radius 2 is 1.95 bits per heavy atom. The number of aromatic nitrogens is 2. The van der Waals surface area contributed by atoms with Crippen molar-refractivity contribution in [1.29, 1.82) is 0 Å². The summed E-state index contributed by atoms with van der Waals surface area (Å²) >= 11 is 0. The van der Waals surface area contributed by atoms with Crippen molar-refractivity contribution in [2.75, 3.05) is 18.0 Å². The zero-order chi connectivity index (χ0) is 13.9. The van der Waals surface area contributed by atoms with Crippen molar-refractivity contribution in [2.45, 2.75) is 52.1 Å². The minimum atomic E-state index is 0.724. The fraction of sp³-hybridized carbons (Fsp3) is 0.750. The highest BCUT2D eigenvalue weighted by molar-refractivity contribution is 5.36. The molecule has 4 nitrogen and oxygen atoms in total. The van der Waals surface area contributed by atoms with Gasteiger partial charge in [-0.15, -0.1) is 0 Å². The van der Waals surface area contributed by atoms with E-state index in [1.165, 1.54) is 25.7 Å². The first kappa shape index (κ1) is 13.8. The largest absolute Gasteiger partial charge is 0.355 e. The normalized spacial score (nSPS) is 20.6. The van der Waals surface area contributed by atoms with Gasteiger partial charge in [-0.05, 0) is 37.5 Å². The van der Waals surface area contributed by atoms with E-state index in [0.717, 1.165) is 49.0 Å². The van der Waals surface area contributed by atoms with Crippen LogP contribution in [0.4, 0.5) is 5.82 Å². The average Bonchev–Trinajstić information content (AvgIpc) is 3.30. The molecule has 110 valence electrons. The maximum absolute atomic E-state index is 4.77. The zero-order valence-corrected chi connectivity index (χ0v) is 12.7. The molecule has 2 aliphatic rings. The topological polar surface area (TPSA) is 41.1 Å². The molecule has 2 fully saturated rings. The van der Waals surface area contributed by atoms with Crippen LogP contribution < -0.4 is 10.2 Å². The van der Waals surface area contributed by atoms with Gasteiger partial charge in [-0.1, -0.05) is 13.8 Å². The van der Waals surface area contributed by atoms with E-state index in [4.69, 9.17) is 4.98 Å². The van der Waals surface area contributed by atoms with Crippen LogP contribution in [-0.2, 0) is 6.54 Å². The van der Waals surface area contributed by atoms with E-state index in [9.17, 15) is 0 Å². The molecular weight excluding hydrogens is 248 g/mol. The van der Waals surface area contributed by atoms with Gasteiger partial charge in [0.1, 0.15) is 5.82 Å². The summed E-state index contributed by atoms with van der Waals surface area (Å²) in [6.07, 6.45) is 9.00. The van der Waals surface area contributed by atoms with Crippen LogP contribution in [0.25, 0.3) is 0 Å². The highest BCUT2D eigenvalue weighted by Gasteiger charge is 2.23. The highest BCUT2D eigenvalue weighted by Crippen LogP contribution is 2.26. The Balaban J connectivity index is 1.57. The molecule has 0 atom stereocenters. The predicted octanol–water partition coefficient (Wildman–Crippen LogP) is 2.60. The van der Waals surface area contributed by atoms with E-state index in [1.54, 1.807) is 0 Å². The number of nitrogens with zero attached hydrogens (tertiary/aromatic N) is 3. The molecule has 0 aromatic carbocycles. The second-order valence-corrected chi connectivity index (χ2v) is 6.59. The third kappa shape index (κ3) is 3.48. The third-order valence-corrected chi connectivity index (χ3v) is 4.63. The fourth-order valence-electron chi connectivity index (χ4n) is 2.96. The summed E-state index contributed by atoms with van der Waals surface area (Å²) in [5.41, 5.74) is 1.07. The Bertz CT molecular complexity index is 434. The van der Waals surface area contributed by atoms with Crippen LogP contribution in [0, 0.1) is 11.8 Å². The molecule has 0 spiro atoms. The van der Waals surface area contributed by atoms with Gasteiger partial charge in [0.2, 0.25) is 0 Å². The number of hydrogen-bond donors (Lipinski definition) is 1. The van der Waals surface area contributed by atoms with E-state index >= 15 is 0 Å². The number of hydrogen-bond acceptors (Lipinski definition) is 4. The lowest BCUT2D eigenvalue weighted by Crippen LogP contribution is -2.36. The standard InChI is InChI=1S/C16H26N4/c1-12(2)13-5-7-20(8-6-13)16-11-17-9-15(19-16)10-18-14-3-4-14/h9,11-14,18H,3-8,10H2,1-2H3.